The van der Waals surface area contributed by atoms with Crippen LogP contribution in [0.1, 0.15) is 43.4 Å². The summed E-state index contributed by atoms with van der Waals surface area (Å²) in [5, 5.41) is 3.35. The number of aryl methyl sites for hydroxylation is 1. The quantitative estimate of drug-likeness (QED) is 0.730. The fourth-order valence-corrected chi connectivity index (χ4v) is 3.70. The Morgan fingerprint density at radius 1 is 1.23 bits per heavy atom. The number of carbonyl (C=O) groups is 1. The summed E-state index contributed by atoms with van der Waals surface area (Å²) >= 11 is 0. The van der Waals surface area contributed by atoms with E-state index in [1.54, 1.807) is 6.07 Å². The van der Waals surface area contributed by atoms with Crippen molar-refractivity contribution < 1.29 is 9.18 Å². The molecular weight excluding hydrogens is 327 g/mol. The molecule has 0 saturated heterocycles. The lowest BCUT2D eigenvalue weighted by Gasteiger charge is -2.35. The van der Waals surface area contributed by atoms with Crippen LogP contribution in [0.4, 0.5) is 15.8 Å². The molecule has 0 aromatic heterocycles. The van der Waals surface area contributed by atoms with Crippen LogP contribution in [-0.4, -0.2) is 18.9 Å². The first-order chi connectivity index (χ1) is 12.6. The Bertz CT molecular complexity index is 773. The first kappa shape index (κ1) is 18.4. The van der Waals surface area contributed by atoms with Gasteiger partial charge in [-0.1, -0.05) is 18.2 Å². The van der Waals surface area contributed by atoms with Crippen molar-refractivity contribution in [2.75, 3.05) is 16.8 Å². The molecule has 1 N–H and O–H groups in total. The van der Waals surface area contributed by atoms with Gasteiger partial charge in [-0.15, -0.1) is 0 Å². The molecule has 2 aromatic rings. The van der Waals surface area contributed by atoms with Crippen LogP contribution in [0.5, 0.6) is 0 Å². The number of hydrogen-bond acceptors (Lipinski definition) is 3. The van der Waals surface area contributed by atoms with Gasteiger partial charge in [-0.05, 0) is 68.0 Å². The maximum Gasteiger partial charge on any atom is 0.128 e. The van der Waals surface area contributed by atoms with Crippen molar-refractivity contribution in [3.05, 3.63) is 58.9 Å². The molecule has 138 valence electrons. The van der Waals surface area contributed by atoms with Crippen LogP contribution in [0.15, 0.2) is 36.4 Å². The molecule has 0 bridgehead atoms. The highest BCUT2D eigenvalue weighted by Gasteiger charge is 2.20. The lowest BCUT2D eigenvalue weighted by atomic mass is 9.95. The van der Waals surface area contributed by atoms with E-state index < -0.39 is 0 Å². The Labute approximate surface area is 155 Å². The number of halogens is 1. The van der Waals surface area contributed by atoms with Crippen LogP contribution in [-0.2, 0) is 24.2 Å². The zero-order valence-corrected chi connectivity index (χ0v) is 15.6. The van der Waals surface area contributed by atoms with Gasteiger partial charge in [0.05, 0.1) is 0 Å². The van der Waals surface area contributed by atoms with Gasteiger partial charge in [0.15, 0.2) is 0 Å². The molecule has 26 heavy (non-hydrogen) atoms. The van der Waals surface area contributed by atoms with Crippen molar-refractivity contribution in [3.63, 3.8) is 0 Å². The van der Waals surface area contributed by atoms with Crippen molar-refractivity contribution in [2.45, 2.75) is 52.1 Å². The van der Waals surface area contributed by atoms with E-state index in [-0.39, 0.29) is 5.82 Å². The van der Waals surface area contributed by atoms with E-state index in [0.717, 1.165) is 24.9 Å². The van der Waals surface area contributed by atoms with Crippen molar-refractivity contribution in [3.8, 4) is 0 Å². The van der Waals surface area contributed by atoms with Gasteiger partial charge in [0.2, 0.25) is 0 Å². The van der Waals surface area contributed by atoms with Crippen LogP contribution in [0, 0.1) is 5.82 Å². The average molecular weight is 354 g/mol. The second-order valence-corrected chi connectivity index (χ2v) is 7.17. The fraction of sp³-hybridized carbons (Fsp3) is 0.409. The zero-order valence-electron chi connectivity index (χ0n) is 15.6. The van der Waals surface area contributed by atoms with Gasteiger partial charge >= 0.3 is 0 Å². The first-order valence-corrected chi connectivity index (χ1v) is 9.43. The maximum absolute atomic E-state index is 14.2. The summed E-state index contributed by atoms with van der Waals surface area (Å²) in [6.07, 6.45) is 3.89. The van der Waals surface area contributed by atoms with E-state index in [1.807, 2.05) is 6.07 Å². The molecule has 0 aliphatic carbocycles. The summed E-state index contributed by atoms with van der Waals surface area (Å²) in [5.74, 6) is -0.252. The number of fused-ring (bicyclic) bond motifs is 1. The number of benzene rings is 2. The Morgan fingerprint density at radius 3 is 2.81 bits per heavy atom. The molecule has 3 rings (SSSR count). The normalized spacial score (nSPS) is 13.6. The van der Waals surface area contributed by atoms with Crippen LogP contribution in [0.2, 0.25) is 0 Å². The smallest absolute Gasteiger partial charge is 0.128 e. The van der Waals surface area contributed by atoms with E-state index in [4.69, 9.17) is 0 Å². The molecular formula is C22H27FN2O. The third-order valence-corrected chi connectivity index (χ3v) is 5.07. The number of anilines is 2. The minimum atomic E-state index is -0.252. The highest BCUT2D eigenvalue weighted by atomic mass is 19.1. The van der Waals surface area contributed by atoms with Crippen molar-refractivity contribution in [1.82, 2.24) is 0 Å². The predicted octanol–water partition coefficient (Wildman–Crippen LogP) is 4.73. The monoisotopic (exact) mass is 354 g/mol. The molecule has 2 aromatic carbocycles. The summed E-state index contributed by atoms with van der Waals surface area (Å²) < 4.78 is 14.2. The highest BCUT2D eigenvalue weighted by Crippen LogP contribution is 2.31. The minimum Gasteiger partial charge on any atom is -0.381 e. The van der Waals surface area contributed by atoms with Gasteiger partial charge in [-0.3, -0.25) is 0 Å². The SMILES string of the molecule is CC(C)N1CCCc2c(CNc3ccc(CCC=O)c(F)c3)cccc21. The lowest BCUT2D eigenvalue weighted by Crippen LogP contribution is -2.35. The Hall–Kier alpha value is -2.36. The van der Waals surface area contributed by atoms with Gasteiger partial charge in [0.1, 0.15) is 12.1 Å². The predicted molar refractivity (Wildman–Crippen MR) is 105 cm³/mol. The molecule has 1 heterocycles. The molecule has 0 fully saturated rings. The Kier molecular flexibility index (Phi) is 5.92. The van der Waals surface area contributed by atoms with E-state index in [1.165, 1.54) is 29.3 Å². The first-order valence-electron chi connectivity index (χ1n) is 9.43. The van der Waals surface area contributed by atoms with E-state index in [2.05, 4.69) is 42.3 Å². The number of aldehydes is 1. The highest BCUT2D eigenvalue weighted by molar-refractivity contribution is 5.60. The summed E-state index contributed by atoms with van der Waals surface area (Å²) in [6.45, 7) is 6.25. The van der Waals surface area contributed by atoms with Crippen molar-refractivity contribution in [1.29, 1.82) is 0 Å². The molecule has 0 atom stereocenters. The van der Waals surface area contributed by atoms with E-state index >= 15 is 0 Å². The van der Waals surface area contributed by atoms with Gasteiger partial charge in [0.25, 0.3) is 0 Å². The number of carbonyl (C=O) groups excluding carboxylic acids is 1. The number of hydrogen-bond donors (Lipinski definition) is 1. The largest absolute Gasteiger partial charge is 0.381 e. The Balaban J connectivity index is 1.73. The zero-order chi connectivity index (χ0) is 18.5. The summed E-state index contributed by atoms with van der Waals surface area (Å²) in [5.41, 5.74) is 5.38. The molecule has 1 aliphatic rings. The topological polar surface area (TPSA) is 32.3 Å². The molecule has 0 spiro atoms. The second-order valence-electron chi connectivity index (χ2n) is 7.17. The van der Waals surface area contributed by atoms with Crippen LogP contribution in [0.25, 0.3) is 0 Å². The summed E-state index contributed by atoms with van der Waals surface area (Å²) in [7, 11) is 0. The second kappa shape index (κ2) is 8.35. The van der Waals surface area contributed by atoms with Gasteiger partial charge in [0, 0.05) is 36.9 Å². The molecule has 4 heteroatoms. The third kappa shape index (κ3) is 4.06. The van der Waals surface area contributed by atoms with Crippen LogP contribution >= 0.6 is 0 Å². The van der Waals surface area contributed by atoms with E-state index in [0.29, 0.717) is 31.0 Å². The van der Waals surface area contributed by atoms with Crippen LogP contribution < -0.4 is 10.2 Å². The molecule has 0 unspecified atom stereocenters. The number of rotatable bonds is 7. The lowest BCUT2D eigenvalue weighted by molar-refractivity contribution is -0.107. The molecule has 3 nitrogen and oxygen atoms in total. The minimum absolute atomic E-state index is 0.252. The maximum atomic E-state index is 14.2. The van der Waals surface area contributed by atoms with Gasteiger partial charge in [-0.2, -0.15) is 0 Å². The molecule has 1 aliphatic heterocycles. The third-order valence-electron chi connectivity index (χ3n) is 5.07. The van der Waals surface area contributed by atoms with Gasteiger partial charge in [-0.25, -0.2) is 4.39 Å². The fourth-order valence-electron chi connectivity index (χ4n) is 3.70. The Morgan fingerprint density at radius 2 is 2.08 bits per heavy atom. The van der Waals surface area contributed by atoms with Crippen molar-refractivity contribution in [2.24, 2.45) is 0 Å². The summed E-state index contributed by atoms with van der Waals surface area (Å²) in [4.78, 5) is 12.9. The standard InChI is InChI=1S/C22H27FN2O/c1-16(2)25-12-4-8-20-18(6-3-9-22(20)25)15-24-19-11-10-17(7-5-13-26)21(23)14-19/h3,6,9-11,13-14,16,24H,4-5,7-8,12,15H2,1-2H3. The van der Waals surface area contributed by atoms with E-state index in [9.17, 15) is 9.18 Å². The summed E-state index contributed by atoms with van der Waals surface area (Å²) in [6, 6.07) is 12.1. The van der Waals surface area contributed by atoms with Crippen molar-refractivity contribution >= 4 is 17.7 Å². The van der Waals surface area contributed by atoms with Gasteiger partial charge < -0.3 is 15.0 Å². The van der Waals surface area contributed by atoms with Crippen LogP contribution in [0.3, 0.4) is 0 Å². The number of nitrogens with one attached hydrogen (secondary N) is 1. The molecule has 0 amide bonds. The average Bonchev–Trinajstić information content (AvgIpc) is 2.65. The molecule has 0 saturated carbocycles. The molecule has 0 radical (unpaired) electrons. The number of nitrogens with zero attached hydrogens (tertiary/aromatic N) is 1.